The van der Waals surface area contributed by atoms with Crippen LogP contribution < -0.4 is 10.3 Å². The van der Waals surface area contributed by atoms with Crippen LogP contribution in [0.25, 0.3) is 0 Å². The lowest BCUT2D eigenvalue weighted by Crippen LogP contribution is -2.52. The molecule has 0 amide bonds. The Morgan fingerprint density at radius 1 is 1.25 bits per heavy atom. The van der Waals surface area contributed by atoms with E-state index in [2.05, 4.69) is 39.9 Å². The molecule has 0 fully saturated rings. The minimum atomic E-state index is -2.00. The van der Waals surface area contributed by atoms with Gasteiger partial charge in [-0.05, 0) is 68.7 Å². The molecule has 1 aromatic carbocycles. The minimum Gasteiger partial charge on any atom is -0.485 e. The maximum absolute atomic E-state index is 13.2. The largest absolute Gasteiger partial charge is 0.485 e. The summed E-state index contributed by atoms with van der Waals surface area (Å²) in [5.41, 5.74) is 0.746. The average molecular weight is 455 g/mol. The summed E-state index contributed by atoms with van der Waals surface area (Å²) in [5.74, 6) is 0.565. The van der Waals surface area contributed by atoms with Crippen LogP contribution in [0.3, 0.4) is 0 Å². The number of pyridine rings is 1. The van der Waals surface area contributed by atoms with Crippen LogP contribution in [0.4, 0.5) is 0 Å². The van der Waals surface area contributed by atoms with Gasteiger partial charge in [-0.1, -0.05) is 20.8 Å². The summed E-state index contributed by atoms with van der Waals surface area (Å²) in [6.45, 7) is 16.5. The van der Waals surface area contributed by atoms with Gasteiger partial charge in [0.25, 0.3) is 5.56 Å². The molecule has 3 atom stereocenters. The molecule has 6 nitrogen and oxygen atoms in total. The van der Waals surface area contributed by atoms with Crippen LogP contribution in [0.5, 0.6) is 5.75 Å². The number of ether oxygens (including phenoxy) is 1. The van der Waals surface area contributed by atoms with Gasteiger partial charge in [0.15, 0.2) is 8.32 Å². The Bertz CT molecular complexity index is 1110. The Kier molecular flexibility index (Phi) is 6.20. The van der Waals surface area contributed by atoms with E-state index in [0.717, 1.165) is 5.56 Å². The number of aliphatic hydroxyl groups is 1. The monoisotopic (exact) mass is 454 g/mol. The van der Waals surface area contributed by atoms with Gasteiger partial charge in [0.2, 0.25) is 0 Å². The van der Waals surface area contributed by atoms with Crippen molar-refractivity contribution in [3.63, 3.8) is 0 Å². The fraction of sp³-hybridized carbons (Fsp3) is 0.520. The van der Waals surface area contributed by atoms with Gasteiger partial charge in [-0.3, -0.25) is 4.79 Å². The van der Waals surface area contributed by atoms with Gasteiger partial charge in [0.05, 0.1) is 23.8 Å². The summed E-state index contributed by atoms with van der Waals surface area (Å²) in [5, 5.41) is 20.5. The first-order chi connectivity index (χ1) is 14.7. The molecule has 2 aromatic rings. The Labute approximate surface area is 191 Å². The molecule has 0 aliphatic carbocycles. The van der Waals surface area contributed by atoms with Gasteiger partial charge in [0, 0.05) is 17.8 Å². The highest BCUT2D eigenvalue weighted by Gasteiger charge is 2.44. The third-order valence-corrected chi connectivity index (χ3v) is 11.4. The second-order valence-corrected chi connectivity index (χ2v) is 15.4. The lowest BCUT2D eigenvalue weighted by molar-refractivity contribution is -0.0643. The zero-order chi connectivity index (χ0) is 24.1. The smallest absolute Gasteiger partial charge is 0.251 e. The highest BCUT2D eigenvalue weighted by molar-refractivity contribution is 6.74. The Morgan fingerprint density at radius 3 is 2.47 bits per heavy atom. The van der Waals surface area contributed by atoms with Crippen LogP contribution >= 0.6 is 0 Å². The summed E-state index contributed by atoms with van der Waals surface area (Å²) in [7, 11) is -2.00. The lowest BCUT2D eigenvalue weighted by Gasteiger charge is -2.42. The topological polar surface area (TPSA) is 84.5 Å². The average Bonchev–Trinajstić information content (AvgIpc) is 2.68. The third kappa shape index (κ3) is 4.40. The van der Waals surface area contributed by atoms with E-state index in [9.17, 15) is 15.2 Å². The SMILES string of the molecule is CC(O[Si](C)(C)C(C)(C)C)c1ccn([C@H]2c3cc(C#N)ccc3OC(C)(C)[C@@H]2O)c(=O)c1. The molecule has 3 rings (SSSR count). The maximum Gasteiger partial charge on any atom is 0.251 e. The third-order valence-electron chi connectivity index (χ3n) is 6.86. The standard InChI is InChI=1S/C25H34N2O4Si/c1-16(31-32(7,8)24(2,3)4)18-11-12-27(21(28)14-18)22-19-13-17(15-26)9-10-20(19)30-25(5,6)23(22)29/h9-14,16,22-23,29H,1-8H3/t16?,22-,23+/m0/s1. The summed E-state index contributed by atoms with van der Waals surface area (Å²) in [6, 6.07) is 10.00. The second-order valence-electron chi connectivity index (χ2n) is 10.7. The number of nitriles is 1. The predicted octanol–water partition coefficient (Wildman–Crippen LogP) is 4.92. The fourth-order valence-corrected chi connectivity index (χ4v) is 5.19. The Hall–Kier alpha value is -2.40. The summed E-state index contributed by atoms with van der Waals surface area (Å²) >= 11 is 0. The molecule has 7 heteroatoms. The van der Waals surface area contributed by atoms with Crippen molar-refractivity contribution < 1.29 is 14.3 Å². The first kappa shape index (κ1) is 24.2. The van der Waals surface area contributed by atoms with E-state index in [-0.39, 0.29) is 16.7 Å². The molecule has 0 saturated carbocycles. The van der Waals surface area contributed by atoms with Crippen LogP contribution in [-0.4, -0.2) is 29.7 Å². The lowest BCUT2D eigenvalue weighted by atomic mass is 9.85. The molecule has 32 heavy (non-hydrogen) atoms. The summed E-state index contributed by atoms with van der Waals surface area (Å²) in [6.07, 6.45) is 0.515. The Morgan fingerprint density at radius 2 is 1.91 bits per heavy atom. The first-order valence-corrected chi connectivity index (χ1v) is 13.9. The molecule has 1 aromatic heterocycles. The van der Waals surface area contributed by atoms with Gasteiger partial charge in [-0.15, -0.1) is 0 Å². The fourth-order valence-electron chi connectivity index (χ4n) is 3.81. The summed E-state index contributed by atoms with van der Waals surface area (Å²) in [4.78, 5) is 13.2. The zero-order valence-electron chi connectivity index (χ0n) is 20.3. The molecule has 1 aliphatic heterocycles. The molecule has 0 bridgehead atoms. The van der Waals surface area contributed by atoms with Crippen LogP contribution in [0, 0.1) is 11.3 Å². The van der Waals surface area contributed by atoms with Gasteiger partial charge in [-0.2, -0.15) is 5.26 Å². The van der Waals surface area contributed by atoms with Crippen LogP contribution in [0.1, 0.15) is 70.4 Å². The first-order valence-electron chi connectivity index (χ1n) is 11.0. The molecule has 2 heterocycles. The van der Waals surface area contributed by atoms with Crippen molar-refractivity contribution in [3.05, 3.63) is 63.6 Å². The Balaban J connectivity index is 2.02. The number of hydrogen-bond acceptors (Lipinski definition) is 5. The van der Waals surface area contributed by atoms with E-state index in [4.69, 9.17) is 9.16 Å². The second kappa shape index (κ2) is 8.18. The molecule has 0 spiro atoms. The number of fused-ring (bicyclic) bond motifs is 1. The van der Waals surface area contributed by atoms with E-state index in [1.165, 1.54) is 4.57 Å². The van der Waals surface area contributed by atoms with Gasteiger partial charge in [0.1, 0.15) is 17.5 Å². The number of hydrogen-bond donors (Lipinski definition) is 1. The van der Waals surface area contributed by atoms with Crippen molar-refractivity contribution in [1.29, 1.82) is 5.26 Å². The number of rotatable bonds is 4. The van der Waals surface area contributed by atoms with Gasteiger partial charge in [-0.25, -0.2) is 0 Å². The minimum absolute atomic E-state index is 0.0657. The van der Waals surface area contributed by atoms with E-state index in [1.54, 1.807) is 44.3 Å². The van der Waals surface area contributed by atoms with Crippen LogP contribution in [0.2, 0.25) is 18.1 Å². The van der Waals surface area contributed by atoms with E-state index >= 15 is 0 Å². The van der Waals surface area contributed by atoms with E-state index < -0.39 is 26.1 Å². The molecule has 0 saturated heterocycles. The maximum atomic E-state index is 13.2. The van der Waals surface area contributed by atoms with Crippen molar-refractivity contribution >= 4 is 8.32 Å². The quantitative estimate of drug-likeness (QED) is 0.663. The van der Waals surface area contributed by atoms with Crippen molar-refractivity contribution in [2.75, 3.05) is 0 Å². The van der Waals surface area contributed by atoms with Crippen molar-refractivity contribution in [2.45, 2.75) is 83.5 Å². The number of benzene rings is 1. The van der Waals surface area contributed by atoms with Crippen molar-refractivity contribution in [2.24, 2.45) is 0 Å². The van der Waals surface area contributed by atoms with Crippen LogP contribution in [-0.2, 0) is 4.43 Å². The molecular weight excluding hydrogens is 420 g/mol. The van der Waals surface area contributed by atoms with Crippen molar-refractivity contribution in [3.8, 4) is 11.8 Å². The molecular formula is C25H34N2O4Si. The molecule has 1 N–H and O–H groups in total. The number of nitrogens with zero attached hydrogens (tertiary/aromatic N) is 2. The summed E-state index contributed by atoms with van der Waals surface area (Å²) < 4.78 is 14.0. The number of aliphatic hydroxyl groups excluding tert-OH is 1. The number of aromatic nitrogens is 1. The van der Waals surface area contributed by atoms with E-state index in [1.807, 2.05) is 13.0 Å². The van der Waals surface area contributed by atoms with Gasteiger partial charge >= 0.3 is 0 Å². The van der Waals surface area contributed by atoms with Gasteiger partial charge < -0.3 is 18.8 Å². The van der Waals surface area contributed by atoms with E-state index in [0.29, 0.717) is 16.9 Å². The van der Waals surface area contributed by atoms with Crippen LogP contribution in [0.15, 0.2) is 41.3 Å². The predicted molar refractivity (Wildman–Crippen MR) is 127 cm³/mol. The highest BCUT2D eigenvalue weighted by atomic mass is 28.4. The molecule has 1 unspecified atom stereocenters. The molecule has 172 valence electrons. The molecule has 1 aliphatic rings. The zero-order valence-corrected chi connectivity index (χ0v) is 21.3. The normalized spacial score (nSPS) is 21.2. The highest BCUT2D eigenvalue weighted by Crippen LogP contribution is 2.42. The molecule has 0 radical (unpaired) electrons. The van der Waals surface area contributed by atoms with Crippen molar-refractivity contribution in [1.82, 2.24) is 4.57 Å².